The number of benzene rings is 1. The van der Waals surface area contributed by atoms with E-state index in [9.17, 15) is 22.0 Å². The second kappa shape index (κ2) is 4.43. The van der Waals surface area contributed by atoms with Crippen molar-refractivity contribution in [3.05, 3.63) is 24.0 Å². The number of alkyl halides is 5. The quantitative estimate of drug-likeness (QED) is 0.865. The van der Waals surface area contributed by atoms with Crippen LogP contribution in [0.2, 0.25) is 0 Å². The molecular weight excluding hydrogens is 285 g/mol. The van der Waals surface area contributed by atoms with Crippen molar-refractivity contribution < 1.29 is 26.7 Å². The van der Waals surface area contributed by atoms with E-state index in [0.717, 1.165) is 0 Å². The smallest absolute Gasteiger partial charge is 0.461 e. The molecule has 20 heavy (non-hydrogen) atoms. The van der Waals surface area contributed by atoms with Gasteiger partial charge >= 0.3 is 12.1 Å². The standard InChI is InChI=1S/C11H8F5N3O/c1-20-5-2-3-7-6(4-5)8(17)19-9(18-7)10(12,13)11(14,15)16/h2-4H,1H3,(H2,17,18,19). The minimum atomic E-state index is -5.79. The van der Waals surface area contributed by atoms with E-state index in [1.807, 2.05) is 0 Å². The summed E-state index contributed by atoms with van der Waals surface area (Å²) in [6.45, 7) is 0. The lowest BCUT2D eigenvalue weighted by Crippen LogP contribution is -2.35. The Bertz CT molecular complexity index is 656. The van der Waals surface area contributed by atoms with Crippen molar-refractivity contribution in [3.8, 4) is 5.75 Å². The molecule has 0 aliphatic heterocycles. The Labute approximate surface area is 109 Å². The number of aromatic nitrogens is 2. The minimum Gasteiger partial charge on any atom is -0.497 e. The molecule has 0 aliphatic carbocycles. The first-order valence-electron chi connectivity index (χ1n) is 5.23. The van der Waals surface area contributed by atoms with Crippen LogP contribution in [0.5, 0.6) is 5.75 Å². The maximum Gasteiger partial charge on any atom is 0.461 e. The maximum absolute atomic E-state index is 13.2. The van der Waals surface area contributed by atoms with E-state index >= 15 is 0 Å². The summed E-state index contributed by atoms with van der Waals surface area (Å²) in [7, 11) is 1.37. The molecule has 0 saturated heterocycles. The van der Waals surface area contributed by atoms with Crippen LogP contribution >= 0.6 is 0 Å². The van der Waals surface area contributed by atoms with Gasteiger partial charge in [0, 0.05) is 5.39 Å². The topological polar surface area (TPSA) is 61.0 Å². The van der Waals surface area contributed by atoms with Crippen molar-refractivity contribution in [1.82, 2.24) is 9.97 Å². The molecule has 0 atom stereocenters. The van der Waals surface area contributed by atoms with Crippen molar-refractivity contribution >= 4 is 16.7 Å². The van der Waals surface area contributed by atoms with Gasteiger partial charge in [0.15, 0.2) is 0 Å². The van der Waals surface area contributed by atoms with Crippen LogP contribution < -0.4 is 10.5 Å². The highest BCUT2D eigenvalue weighted by molar-refractivity contribution is 5.89. The molecule has 0 spiro atoms. The van der Waals surface area contributed by atoms with Crippen LogP contribution in [0.3, 0.4) is 0 Å². The molecule has 2 aromatic rings. The van der Waals surface area contributed by atoms with Crippen LogP contribution in [0.4, 0.5) is 27.8 Å². The van der Waals surface area contributed by atoms with E-state index in [1.165, 1.54) is 25.3 Å². The number of nitrogens with zero attached hydrogens (tertiary/aromatic N) is 2. The van der Waals surface area contributed by atoms with Gasteiger partial charge in [-0.25, -0.2) is 9.97 Å². The summed E-state index contributed by atoms with van der Waals surface area (Å²) < 4.78 is 68.1. The molecule has 0 bridgehead atoms. The molecule has 2 rings (SSSR count). The highest BCUT2D eigenvalue weighted by atomic mass is 19.4. The molecule has 1 aromatic carbocycles. The Morgan fingerprint density at radius 3 is 2.30 bits per heavy atom. The fourth-order valence-electron chi connectivity index (χ4n) is 1.53. The largest absolute Gasteiger partial charge is 0.497 e. The number of rotatable bonds is 2. The van der Waals surface area contributed by atoms with Gasteiger partial charge in [0.2, 0.25) is 5.82 Å². The summed E-state index contributed by atoms with van der Waals surface area (Å²) in [4.78, 5) is 6.29. The Morgan fingerprint density at radius 1 is 1.10 bits per heavy atom. The Hall–Kier alpha value is -2.19. The van der Waals surface area contributed by atoms with Gasteiger partial charge in [0.05, 0.1) is 12.6 Å². The molecule has 0 radical (unpaired) electrons. The Balaban J connectivity index is 2.65. The van der Waals surface area contributed by atoms with E-state index in [4.69, 9.17) is 10.5 Å². The first-order valence-corrected chi connectivity index (χ1v) is 5.23. The third kappa shape index (κ3) is 2.19. The third-order valence-electron chi connectivity index (χ3n) is 2.57. The molecule has 0 unspecified atom stereocenters. The molecular formula is C11H8F5N3O. The highest BCUT2D eigenvalue weighted by Gasteiger charge is 2.61. The van der Waals surface area contributed by atoms with Crippen LogP contribution in [-0.2, 0) is 5.92 Å². The molecule has 2 N–H and O–H groups in total. The predicted octanol–water partition coefficient (Wildman–Crippen LogP) is 2.87. The lowest BCUT2D eigenvalue weighted by atomic mass is 10.2. The van der Waals surface area contributed by atoms with Gasteiger partial charge in [-0.05, 0) is 18.2 Å². The monoisotopic (exact) mass is 293 g/mol. The number of methoxy groups -OCH3 is 1. The number of halogens is 5. The fourth-order valence-corrected chi connectivity index (χ4v) is 1.53. The van der Waals surface area contributed by atoms with Gasteiger partial charge in [-0.2, -0.15) is 22.0 Å². The lowest BCUT2D eigenvalue weighted by molar-refractivity contribution is -0.292. The maximum atomic E-state index is 13.2. The first kappa shape index (κ1) is 14.2. The number of hydrogen-bond acceptors (Lipinski definition) is 4. The average Bonchev–Trinajstić information content (AvgIpc) is 2.36. The van der Waals surface area contributed by atoms with Crippen LogP contribution in [0.15, 0.2) is 18.2 Å². The molecule has 4 nitrogen and oxygen atoms in total. The van der Waals surface area contributed by atoms with Gasteiger partial charge in [0.25, 0.3) is 0 Å². The molecule has 9 heteroatoms. The number of anilines is 1. The summed E-state index contributed by atoms with van der Waals surface area (Å²) in [5, 5.41) is 0.131. The number of hydrogen-bond donors (Lipinski definition) is 1. The lowest BCUT2D eigenvalue weighted by Gasteiger charge is -2.18. The zero-order valence-electron chi connectivity index (χ0n) is 10.0. The second-order valence-electron chi connectivity index (χ2n) is 3.89. The molecule has 0 fully saturated rings. The number of fused-ring (bicyclic) bond motifs is 1. The zero-order valence-corrected chi connectivity index (χ0v) is 10.0. The summed E-state index contributed by atoms with van der Waals surface area (Å²) in [5.74, 6) is -6.98. The second-order valence-corrected chi connectivity index (χ2v) is 3.89. The van der Waals surface area contributed by atoms with Gasteiger partial charge in [-0.15, -0.1) is 0 Å². The van der Waals surface area contributed by atoms with E-state index in [1.54, 1.807) is 0 Å². The molecule has 0 saturated carbocycles. The van der Waals surface area contributed by atoms with E-state index in [2.05, 4.69) is 9.97 Å². The summed E-state index contributed by atoms with van der Waals surface area (Å²) in [6.07, 6.45) is -5.79. The summed E-state index contributed by atoms with van der Waals surface area (Å²) >= 11 is 0. The van der Waals surface area contributed by atoms with Crippen molar-refractivity contribution in [2.75, 3.05) is 12.8 Å². The molecule has 1 aromatic heterocycles. The molecule has 0 aliphatic rings. The van der Waals surface area contributed by atoms with Crippen molar-refractivity contribution in [2.45, 2.75) is 12.1 Å². The number of ether oxygens (including phenoxy) is 1. The van der Waals surface area contributed by atoms with Gasteiger partial charge in [-0.1, -0.05) is 0 Å². The fraction of sp³-hybridized carbons (Fsp3) is 0.273. The molecule has 1 heterocycles. The van der Waals surface area contributed by atoms with Gasteiger partial charge < -0.3 is 10.5 Å². The van der Waals surface area contributed by atoms with Crippen LogP contribution in [0, 0.1) is 0 Å². The van der Waals surface area contributed by atoms with E-state index < -0.39 is 23.7 Å². The van der Waals surface area contributed by atoms with Gasteiger partial charge in [-0.3, -0.25) is 0 Å². The van der Waals surface area contributed by atoms with Crippen molar-refractivity contribution in [1.29, 1.82) is 0 Å². The zero-order chi connectivity index (χ0) is 15.1. The summed E-state index contributed by atoms with van der Waals surface area (Å²) in [6, 6.07) is 3.94. The third-order valence-corrected chi connectivity index (χ3v) is 2.57. The Kier molecular flexibility index (Phi) is 3.15. The van der Waals surface area contributed by atoms with E-state index in [-0.39, 0.29) is 10.9 Å². The molecule has 0 amide bonds. The van der Waals surface area contributed by atoms with Crippen molar-refractivity contribution in [3.63, 3.8) is 0 Å². The van der Waals surface area contributed by atoms with Gasteiger partial charge in [0.1, 0.15) is 11.6 Å². The normalized spacial score (nSPS) is 12.7. The Morgan fingerprint density at radius 2 is 1.75 bits per heavy atom. The average molecular weight is 293 g/mol. The first-order chi connectivity index (χ1) is 9.16. The highest BCUT2D eigenvalue weighted by Crippen LogP contribution is 2.43. The number of nitrogens with two attached hydrogens (primary N) is 1. The number of nitrogen functional groups attached to an aromatic ring is 1. The molecule has 108 valence electrons. The SMILES string of the molecule is COc1ccc2nc(C(F)(F)C(F)(F)F)nc(N)c2c1. The van der Waals surface area contributed by atoms with E-state index in [0.29, 0.717) is 5.75 Å². The van der Waals surface area contributed by atoms with Crippen LogP contribution in [0.1, 0.15) is 5.82 Å². The van der Waals surface area contributed by atoms with Crippen molar-refractivity contribution in [2.24, 2.45) is 0 Å². The predicted molar refractivity (Wildman–Crippen MR) is 60.5 cm³/mol. The minimum absolute atomic E-state index is 0.128. The summed E-state index contributed by atoms with van der Waals surface area (Å²) in [5.41, 5.74) is 5.29. The van der Waals surface area contributed by atoms with Crippen LogP contribution in [-0.4, -0.2) is 23.3 Å². The van der Waals surface area contributed by atoms with Crippen LogP contribution in [0.25, 0.3) is 10.9 Å².